The maximum atomic E-state index is 13.0. The summed E-state index contributed by atoms with van der Waals surface area (Å²) in [6, 6.07) is 9.81. The maximum absolute atomic E-state index is 13.0. The number of hydrogen-bond acceptors (Lipinski definition) is 5. The van der Waals surface area contributed by atoms with E-state index < -0.39 is 15.9 Å². The fourth-order valence-electron chi connectivity index (χ4n) is 3.48. The lowest BCUT2D eigenvalue weighted by atomic mass is 9.98. The highest BCUT2D eigenvalue weighted by molar-refractivity contribution is 7.88. The molecule has 1 N–H and O–H groups in total. The van der Waals surface area contributed by atoms with Crippen LogP contribution >= 0.6 is 23.2 Å². The summed E-state index contributed by atoms with van der Waals surface area (Å²) < 4.78 is 37.8. The number of benzene rings is 2. The highest BCUT2D eigenvalue weighted by atomic mass is 35.5. The zero-order chi connectivity index (χ0) is 22.6. The summed E-state index contributed by atoms with van der Waals surface area (Å²) in [5, 5.41) is 3.58. The van der Waals surface area contributed by atoms with E-state index in [1.54, 1.807) is 30.3 Å². The summed E-state index contributed by atoms with van der Waals surface area (Å²) in [4.78, 5) is 12.9. The van der Waals surface area contributed by atoms with Gasteiger partial charge in [0, 0.05) is 29.2 Å². The molecule has 1 saturated heterocycles. The average Bonchev–Trinajstić information content (AvgIpc) is 2.75. The van der Waals surface area contributed by atoms with Crippen molar-refractivity contribution >= 4 is 44.8 Å². The first-order valence-corrected chi connectivity index (χ1v) is 12.0. The number of sulfonamides is 1. The molecule has 1 atom stereocenters. The van der Waals surface area contributed by atoms with Gasteiger partial charge < -0.3 is 14.8 Å². The van der Waals surface area contributed by atoms with Crippen molar-refractivity contribution in [2.75, 3.05) is 32.6 Å². The zero-order valence-electron chi connectivity index (χ0n) is 17.2. The predicted octanol–water partition coefficient (Wildman–Crippen LogP) is 4.19. The molecule has 1 aliphatic rings. The Balaban J connectivity index is 1.71. The number of nitrogens with zero attached hydrogens (tertiary/aromatic N) is 1. The lowest BCUT2D eigenvalue weighted by Crippen LogP contribution is -2.44. The van der Waals surface area contributed by atoms with Gasteiger partial charge in [0.25, 0.3) is 0 Å². The van der Waals surface area contributed by atoms with Gasteiger partial charge in [-0.05, 0) is 42.7 Å². The van der Waals surface area contributed by atoms with E-state index in [1.807, 2.05) is 0 Å². The van der Waals surface area contributed by atoms with Crippen LogP contribution in [0.1, 0.15) is 18.4 Å². The lowest BCUT2D eigenvalue weighted by Gasteiger charge is -2.31. The van der Waals surface area contributed by atoms with Gasteiger partial charge in [-0.1, -0.05) is 29.3 Å². The first-order chi connectivity index (χ1) is 14.7. The molecule has 0 saturated carbocycles. The summed E-state index contributed by atoms with van der Waals surface area (Å²) in [5.74, 6) is 0.0628. The average molecular weight is 487 g/mol. The standard InChI is InChI=1S/C21H24Cl2N2O5S/c1-29-17-7-8-20(30-2)19(11-17)24-21(26)14-4-3-9-25(12-14)31(27,28)13-15-5-6-16(22)10-18(15)23/h5-8,10-11,14H,3-4,9,12-13H2,1-2H3,(H,24,26). The van der Waals surface area contributed by atoms with E-state index in [0.717, 1.165) is 0 Å². The van der Waals surface area contributed by atoms with Crippen LogP contribution in [0.15, 0.2) is 36.4 Å². The molecular formula is C21H24Cl2N2O5S. The molecule has 2 aromatic carbocycles. The molecule has 0 aromatic heterocycles. The molecule has 1 aliphatic heterocycles. The number of amides is 1. The van der Waals surface area contributed by atoms with Crippen LogP contribution in [0.3, 0.4) is 0 Å². The van der Waals surface area contributed by atoms with Gasteiger partial charge in [0.15, 0.2) is 0 Å². The predicted molar refractivity (Wildman–Crippen MR) is 122 cm³/mol. The molecule has 7 nitrogen and oxygen atoms in total. The molecule has 0 aliphatic carbocycles. The number of nitrogens with one attached hydrogen (secondary N) is 1. The molecule has 1 heterocycles. The van der Waals surface area contributed by atoms with E-state index in [4.69, 9.17) is 32.7 Å². The Labute approximate surface area is 192 Å². The number of piperidine rings is 1. The normalized spacial score (nSPS) is 17.2. The van der Waals surface area contributed by atoms with Gasteiger partial charge in [0.2, 0.25) is 15.9 Å². The topological polar surface area (TPSA) is 84.9 Å². The molecule has 0 radical (unpaired) electrons. The van der Waals surface area contributed by atoms with Crippen LogP contribution in [0.5, 0.6) is 11.5 Å². The summed E-state index contributed by atoms with van der Waals surface area (Å²) >= 11 is 12.0. The number of halogens is 2. The van der Waals surface area contributed by atoms with Crippen molar-refractivity contribution in [1.82, 2.24) is 4.31 Å². The van der Waals surface area contributed by atoms with E-state index in [-0.39, 0.29) is 18.2 Å². The largest absolute Gasteiger partial charge is 0.497 e. The molecule has 0 spiro atoms. The number of carbonyl (C=O) groups excluding carboxylic acids is 1. The van der Waals surface area contributed by atoms with Crippen LogP contribution in [-0.2, 0) is 20.6 Å². The quantitative estimate of drug-likeness (QED) is 0.633. The SMILES string of the molecule is COc1ccc(OC)c(NC(=O)C2CCCN(S(=O)(=O)Cc3ccc(Cl)cc3Cl)C2)c1. The summed E-state index contributed by atoms with van der Waals surface area (Å²) in [6.07, 6.45) is 1.17. The smallest absolute Gasteiger partial charge is 0.228 e. The van der Waals surface area contributed by atoms with Crippen LogP contribution in [0.25, 0.3) is 0 Å². The number of rotatable bonds is 7. The fraction of sp³-hybridized carbons (Fsp3) is 0.381. The lowest BCUT2D eigenvalue weighted by molar-refractivity contribution is -0.120. The number of hydrogen-bond donors (Lipinski definition) is 1. The second kappa shape index (κ2) is 10.1. The van der Waals surface area contributed by atoms with Gasteiger partial charge in [0.05, 0.1) is 31.6 Å². The molecule has 1 amide bonds. The van der Waals surface area contributed by atoms with Crippen LogP contribution < -0.4 is 14.8 Å². The van der Waals surface area contributed by atoms with Gasteiger partial charge in [-0.2, -0.15) is 0 Å². The number of methoxy groups -OCH3 is 2. The number of anilines is 1. The Morgan fingerprint density at radius 2 is 1.94 bits per heavy atom. The number of carbonyl (C=O) groups is 1. The third-order valence-electron chi connectivity index (χ3n) is 5.17. The summed E-state index contributed by atoms with van der Waals surface area (Å²) in [6.45, 7) is 0.464. The zero-order valence-corrected chi connectivity index (χ0v) is 19.6. The molecule has 31 heavy (non-hydrogen) atoms. The maximum Gasteiger partial charge on any atom is 0.228 e. The molecule has 0 bridgehead atoms. The van der Waals surface area contributed by atoms with Crippen LogP contribution in [0.2, 0.25) is 10.0 Å². The Hall–Kier alpha value is -2.00. The molecule has 1 unspecified atom stereocenters. The molecular weight excluding hydrogens is 463 g/mol. The first kappa shape index (κ1) is 23.7. The molecule has 10 heteroatoms. The number of ether oxygens (including phenoxy) is 2. The third kappa shape index (κ3) is 5.83. The van der Waals surface area contributed by atoms with Gasteiger partial charge >= 0.3 is 0 Å². The molecule has 1 fully saturated rings. The Bertz CT molecular complexity index is 1060. The Morgan fingerprint density at radius 3 is 2.61 bits per heavy atom. The van der Waals surface area contributed by atoms with E-state index in [0.29, 0.717) is 52.2 Å². The van der Waals surface area contributed by atoms with Gasteiger partial charge in [-0.3, -0.25) is 4.79 Å². The van der Waals surface area contributed by atoms with E-state index in [1.165, 1.54) is 24.6 Å². The van der Waals surface area contributed by atoms with E-state index in [2.05, 4.69) is 5.32 Å². The van der Waals surface area contributed by atoms with Gasteiger partial charge in [-0.15, -0.1) is 0 Å². The highest BCUT2D eigenvalue weighted by Gasteiger charge is 2.33. The molecule has 168 valence electrons. The van der Waals surface area contributed by atoms with E-state index in [9.17, 15) is 13.2 Å². The van der Waals surface area contributed by atoms with Crippen molar-refractivity contribution in [3.8, 4) is 11.5 Å². The van der Waals surface area contributed by atoms with Crippen LogP contribution in [0, 0.1) is 5.92 Å². The minimum Gasteiger partial charge on any atom is -0.497 e. The minimum absolute atomic E-state index is 0.103. The third-order valence-corrected chi connectivity index (χ3v) is 7.55. The second-order valence-corrected chi connectivity index (χ2v) is 10.1. The van der Waals surface area contributed by atoms with E-state index >= 15 is 0 Å². The van der Waals surface area contributed by atoms with Crippen molar-refractivity contribution < 1.29 is 22.7 Å². The second-order valence-electron chi connectivity index (χ2n) is 7.24. The monoisotopic (exact) mass is 486 g/mol. The van der Waals surface area contributed by atoms with Crippen LogP contribution in [0.4, 0.5) is 5.69 Å². The Morgan fingerprint density at radius 1 is 1.16 bits per heavy atom. The van der Waals surface area contributed by atoms with Gasteiger partial charge in [-0.25, -0.2) is 12.7 Å². The fourth-order valence-corrected chi connectivity index (χ4v) is 5.68. The minimum atomic E-state index is -3.65. The van der Waals surface area contributed by atoms with Crippen molar-refractivity contribution in [2.24, 2.45) is 5.92 Å². The Kier molecular flexibility index (Phi) is 7.69. The van der Waals surface area contributed by atoms with Crippen molar-refractivity contribution in [1.29, 1.82) is 0 Å². The first-order valence-electron chi connectivity index (χ1n) is 9.68. The highest BCUT2D eigenvalue weighted by Crippen LogP contribution is 2.31. The van der Waals surface area contributed by atoms with Crippen molar-refractivity contribution in [2.45, 2.75) is 18.6 Å². The molecule has 2 aromatic rings. The van der Waals surface area contributed by atoms with Gasteiger partial charge in [0.1, 0.15) is 11.5 Å². The summed E-state index contributed by atoms with van der Waals surface area (Å²) in [7, 11) is -0.613. The molecule has 3 rings (SSSR count). The summed E-state index contributed by atoms with van der Waals surface area (Å²) in [5.41, 5.74) is 0.943. The van der Waals surface area contributed by atoms with Crippen molar-refractivity contribution in [3.05, 3.63) is 52.0 Å². The van der Waals surface area contributed by atoms with Crippen molar-refractivity contribution in [3.63, 3.8) is 0 Å². The van der Waals surface area contributed by atoms with Crippen LogP contribution in [-0.4, -0.2) is 45.9 Å².